The third-order valence-corrected chi connectivity index (χ3v) is 3.85. The highest BCUT2D eigenvalue weighted by Gasteiger charge is 2.27. The molecule has 0 saturated heterocycles. The third kappa shape index (κ3) is 2.77. The zero-order chi connectivity index (χ0) is 12.3. The van der Waals surface area contributed by atoms with Gasteiger partial charge in [0.1, 0.15) is 6.73 Å². The molecule has 6 heteroatoms. The monoisotopic (exact) mass is 256 g/mol. The Balaban J connectivity index is 2.00. The molecule has 1 aliphatic carbocycles. The normalized spacial score (nSPS) is 22.9. The lowest BCUT2D eigenvalue weighted by molar-refractivity contribution is 0.148. The molecule has 0 bridgehead atoms. The van der Waals surface area contributed by atoms with Gasteiger partial charge < -0.3 is 20.5 Å². The molecular weight excluding hydrogens is 240 g/mol. The van der Waals surface area contributed by atoms with Gasteiger partial charge in [-0.3, -0.25) is 0 Å². The van der Waals surface area contributed by atoms with E-state index in [0.29, 0.717) is 6.42 Å². The average molecular weight is 256 g/mol. The largest absolute Gasteiger partial charge is 0.388 e. The second-order valence-corrected chi connectivity index (χ2v) is 4.92. The van der Waals surface area contributed by atoms with E-state index in [1.54, 1.807) is 0 Å². The molecule has 0 radical (unpaired) electrons. The van der Waals surface area contributed by atoms with Crippen molar-refractivity contribution in [3.05, 3.63) is 21.9 Å². The van der Waals surface area contributed by atoms with Crippen LogP contribution in [0, 0.1) is 0 Å². The number of aliphatic hydroxyl groups excluding tert-OH is 1. The Morgan fingerprint density at radius 2 is 2.47 bits per heavy atom. The number of methoxy groups -OCH3 is 1. The Bertz CT molecular complexity index is 394. The van der Waals surface area contributed by atoms with E-state index in [0.717, 1.165) is 16.9 Å². The van der Waals surface area contributed by atoms with E-state index < -0.39 is 0 Å². The summed E-state index contributed by atoms with van der Waals surface area (Å²) in [6, 6.07) is 1.70. The van der Waals surface area contributed by atoms with Crippen LogP contribution in [0.4, 0.5) is 4.79 Å². The van der Waals surface area contributed by atoms with Gasteiger partial charge in [0.05, 0.1) is 12.1 Å². The minimum absolute atomic E-state index is 0.0171. The summed E-state index contributed by atoms with van der Waals surface area (Å²) in [4.78, 5) is 12.5. The molecule has 0 fully saturated rings. The third-order valence-electron chi connectivity index (χ3n) is 2.82. The van der Waals surface area contributed by atoms with Gasteiger partial charge in [0.2, 0.25) is 0 Å². The number of aliphatic hydroxyl groups is 1. The summed E-state index contributed by atoms with van der Waals surface area (Å²) < 4.78 is 4.76. The number of carbonyl (C=O) groups excluding carboxylic acids is 1. The van der Waals surface area contributed by atoms with Crippen LogP contribution in [0.25, 0.3) is 0 Å². The first kappa shape index (κ1) is 12.3. The lowest BCUT2D eigenvalue weighted by Gasteiger charge is -2.26. The number of urea groups is 1. The van der Waals surface area contributed by atoms with Gasteiger partial charge in [0.25, 0.3) is 0 Å². The van der Waals surface area contributed by atoms with Crippen molar-refractivity contribution in [2.24, 2.45) is 0 Å². The Labute approximate surface area is 104 Å². The summed E-state index contributed by atoms with van der Waals surface area (Å²) in [7, 11) is 1.52. The summed E-state index contributed by atoms with van der Waals surface area (Å²) in [6.45, 7) is 0.192. The molecule has 0 unspecified atom stereocenters. The number of hydrogen-bond acceptors (Lipinski definition) is 4. The summed E-state index contributed by atoms with van der Waals surface area (Å²) in [5, 5.41) is 17.2. The van der Waals surface area contributed by atoms with E-state index in [2.05, 4.69) is 10.6 Å². The van der Waals surface area contributed by atoms with Crippen molar-refractivity contribution in [3.8, 4) is 0 Å². The molecule has 1 heterocycles. The minimum atomic E-state index is -0.384. The lowest BCUT2D eigenvalue weighted by Crippen LogP contribution is -2.39. The van der Waals surface area contributed by atoms with Crippen LogP contribution >= 0.6 is 11.3 Å². The molecule has 0 aromatic carbocycles. The summed E-state index contributed by atoms with van der Waals surface area (Å²) >= 11 is 1.54. The van der Waals surface area contributed by atoms with Gasteiger partial charge >= 0.3 is 6.03 Å². The molecule has 1 aliphatic rings. The second kappa shape index (κ2) is 5.48. The van der Waals surface area contributed by atoms with Crippen LogP contribution in [0.15, 0.2) is 11.4 Å². The van der Waals surface area contributed by atoms with E-state index in [1.165, 1.54) is 18.4 Å². The van der Waals surface area contributed by atoms with E-state index in [-0.39, 0.29) is 24.9 Å². The molecule has 0 spiro atoms. The van der Waals surface area contributed by atoms with E-state index >= 15 is 0 Å². The number of carbonyl (C=O) groups is 1. The topological polar surface area (TPSA) is 70.6 Å². The van der Waals surface area contributed by atoms with Crippen LogP contribution in [0.5, 0.6) is 0 Å². The Hall–Kier alpha value is -1.11. The van der Waals surface area contributed by atoms with Gasteiger partial charge in [-0.25, -0.2) is 4.79 Å². The molecule has 17 heavy (non-hydrogen) atoms. The van der Waals surface area contributed by atoms with Crippen molar-refractivity contribution < 1.29 is 14.6 Å². The summed E-state index contributed by atoms with van der Waals surface area (Å²) in [5.41, 5.74) is 1.03. The van der Waals surface area contributed by atoms with Crippen LogP contribution in [-0.4, -0.2) is 25.0 Å². The van der Waals surface area contributed by atoms with Gasteiger partial charge in [-0.2, -0.15) is 0 Å². The van der Waals surface area contributed by atoms with Crippen molar-refractivity contribution >= 4 is 17.4 Å². The lowest BCUT2D eigenvalue weighted by atomic mass is 9.92. The van der Waals surface area contributed by atoms with Crippen LogP contribution in [-0.2, 0) is 4.74 Å². The fraction of sp³-hybridized carbons (Fsp3) is 0.545. The Kier molecular flexibility index (Phi) is 3.98. The van der Waals surface area contributed by atoms with Gasteiger partial charge in [-0.1, -0.05) is 0 Å². The smallest absolute Gasteiger partial charge is 0.317 e. The molecule has 3 N–H and O–H groups in total. The summed E-state index contributed by atoms with van der Waals surface area (Å²) in [6.07, 6.45) is 1.05. The number of amides is 2. The van der Waals surface area contributed by atoms with Crippen LogP contribution in [0.2, 0.25) is 0 Å². The zero-order valence-electron chi connectivity index (χ0n) is 9.60. The highest BCUT2D eigenvalue weighted by atomic mass is 32.1. The molecule has 5 nitrogen and oxygen atoms in total. The quantitative estimate of drug-likeness (QED) is 0.718. The number of fused-ring (bicyclic) bond motifs is 1. The molecule has 2 atom stereocenters. The first-order valence-corrected chi connectivity index (χ1v) is 6.39. The molecule has 1 aromatic heterocycles. The number of thiophene rings is 1. The van der Waals surface area contributed by atoms with Crippen LogP contribution in [0.1, 0.15) is 35.4 Å². The first-order chi connectivity index (χ1) is 8.22. The van der Waals surface area contributed by atoms with Crippen molar-refractivity contribution in [2.45, 2.75) is 25.0 Å². The van der Waals surface area contributed by atoms with E-state index in [1.807, 2.05) is 11.4 Å². The predicted molar refractivity (Wildman–Crippen MR) is 64.8 cm³/mol. The minimum Gasteiger partial charge on any atom is -0.388 e. The first-order valence-electron chi connectivity index (χ1n) is 5.51. The maximum Gasteiger partial charge on any atom is 0.317 e. The number of hydrogen-bond donors (Lipinski definition) is 3. The Morgan fingerprint density at radius 3 is 3.24 bits per heavy atom. The summed E-state index contributed by atoms with van der Waals surface area (Å²) in [5.74, 6) is 0. The molecule has 94 valence electrons. The van der Waals surface area contributed by atoms with Gasteiger partial charge in [0, 0.05) is 12.0 Å². The van der Waals surface area contributed by atoms with Gasteiger partial charge in [-0.15, -0.1) is 11.3 Å². The van der Waals surface area contributed by atoms with Crippen LogP contribution in [0.3, 0.4) is 0 Å². The van der Waals surface area contributed by atoms with Crippen molar-refractivity contribution in [2.75, 3.05) is 13.8 Å². The predicted octanol–water partition coefficient (Wildman–Crippen LogP) is 1.52. The van der Waals surface area contributed by atoms with Crippen molar-refractivity contribution in [3.63, 3.8) is 0 Å². The number of nitrogens with one attached hydrogen (secondary N) is 2. The molecule has 0 saturated carbocycles. The van der Waals surface area contributed by atoms with E-state index in [9.17, 15) is 9.90 Å². The maximum atomic E-state index is 11.5. The van der Waals surface area contributed by atoms with Crippen molar-refractivity contribution in [1.29, 1.82) is 0 Å². The van der Waals surface area contributed by atoms with Gasteiger partial charge in [0.15, 0.2) is 0 Å². The molecule has 0 aliphatic heterocycles. The fourth-order valence-electron chi connectivity index (χ4n) is 2.00. The van der Waals surface area contributed by atoms with Crippen LogP contribution < -0.4 is 10.6 Å². The molecular formula is C11H16N2O3S. The standard InChI is InChI=1S/C11H16N2O3S/c1-16-6-12-11(15)13-8-2-3-9(14)10-7(8)4-5-17-10/h4-5,8-9,14H,2-3,6H2,1H3,(H2,12,13,15)/t8-,9-/m1/s1. The SMILES string of the molecule is COCNC(=O)N[C@@H]1CC[C@@H](O)c2sccc21. The molecule has 2 amide bonds. The highest BCUT2D eigenvalue weighted by molar-refractivity contribution is 7.10. The number of ether oxygens (including phenoxy) is 1. The second-order valence-electron chi connectivity index (χ2n) is 3.97. The Morgan fingerprint density at radius 1 is 1.65 bits per heavy atom. The fourth-order valence-corrected chi connectivity index (χ4v) is 2.98. The highest BCUT2D eigenvalue weighted by Crippen LogP contribution is 2.39. The van der Waals surface area contributed by atoms with Gasteiger partial charge in [-0.05, 0) is 29.9 Å². The maximum absolute atomic E-state index is 11.5. The average Bonchev–Trinajstić information content (AvgIpc) is 2.80. The molecule has 1 aromatic rings. The number of rotatable bonds is 3. The van der Waals surface area contributed by atoms with Crippen molar-refractivity contribution in [1.82, 2.24) is 10.6 Å². The van der Waals surface area contributed by atoms with E-state index in [4.69, 9.17) is 4.74 Å². The zero-order valence-corrected chi connectivity index (χ0v) is 10.4. The molecule has 2 rings (SSSR count).